The molecule has 5 atom stereocenters. The SMILES string of the molecule is CNC(C(=O)N(C)C(CC(C)C)C(=O)N(C)C(C(=O)N(C)C(C(=O)N(C)C(C(=O)NCCc1ccccc1)C(C)C)C(C)C)C(C)C)C(C)C. The van der Waals surface area contributed by atoms with Crippen molar-refractivity contribution in [2.75, 3.05) is 41.8 Å². The Labute approximate surface area is 302 Å². The molecule has 0 aliphatic carbocycles. The Bertz CT molecular complexity index is 1250. The number of likely N-dealkylation sites (N-methyl/N-ethyl adjacent to an activating group) is 5. The molecule has 0 saturated heterocycles. The normalized spacial score (nSPS) is 14.7. The Kier molecular flexibility index (Phi) is 18.2. The molecule has 1 aromatic carbocycles. The van der Waals surface area contributed by atoms with Gasteiger partial charge >= 0.3 is 0 Å². The summed E-state index contributed by atoms with van der Waals surface area (Å²) in [5, 5.41) is 6.07. The second-order valence-electron chi connectivity index (χ2n) is 15.5. The molecular weight excluding hydrogens is 632 g/mol. The predicted octanol–water partition coefficient (Wildman–Crippen LogP) is 3.91. The van der Waals surface area contributed by atoms with Gasteiger partial charge in [-0.15, -0.1) is 0 Å². The molecule has 0 saturated carbocycles. The Balaban J connectivity index is 3.34. The lowest BCUT2D eigenvalue weighted by molar-refractivity contribution is -0.157. The number of nitrogens with zero attached hydrogens (tertiary/aromatic N) is 4. The highest BCUT2D eigenvalue weighted by atomic mass is 16.2. The molecule has 0 aliphatic rings. The molecule has 0 heterocycles. The van der Waals surface area contributed by atoms with Gasteiger partial charge in [-0.05, 0) is 55.0 Å². The van der Waals surface area contributed by atoms with Gasteiger partial charge in [0.15, 0.2) is 0 Å². The van der Waals surface area contributed by atoms with Crippen molar-refractivity contribution >= 4 is 29.5 Å². The van der Waals surface area contributed by atoms with E-state index < -0.39 is 30.2 Å². The van der Waals surface area contributed by atoms with E-state index in [1.165, 1.54) is 19.6 Å². The average Bonchev–Trinajstić information content (AvgIpc) is 3.02. The second-order valence-corrected chi connectivity index (χ2v) is 15.5. The third kappa shape index (κ3) is 11.8. The van der Waals surface area contributed by atoms with E-state index in [-0.39, 0.29) is 59.1 Å². The molecule has 11 heteroatoms. The monoisotopic (exact) mass is 701 g/mol. The van der Waals surface area contributed by atoms with Gasteiger partial charge in [-0.1, -0.05) is 99.6 Å². The van der Waals surface area contributed by atoms with Crippen LogP contribution in [-0.2, 0) is 30.4 Å². The molecule has 11 nitrogen and oxygen atoms in total. The number of hydrogen-bond donors (Lipinski definition) is 2. The fourth-order valence-corrected chi connectivity index (χ4v) is 6.85. The van der Waals surface area contributed by atoms with Gasteiger partial charge in [0.25, 0.3) is 0 Å². The van der Waals surface area contributed by atoms with Gasteiger partial charge in [0.1, 0.15) is 24.2 Å². The van der Waals surface area contributed by atoms with Crippen LogP contribution in [0.25, 0.3) is 0 Å². The Morgan fingerprint density at radius 2 is 1.02 bits per heavy atom. The summed E-state index contributed by atoms with van der Waals surface area (Å²) in [7, 11) is 8.20. The van der Waals surface area contributed by atoms with Gasteiger partial charge in [-0.3, -0.25) is 24.0 Å². The van der Waals surface area contributed by atoms with E-state index >= 15 is 0 Å². The highest BCUT2D eigenvalue weighted by Crippen LogP contribution is 2.23. The van der Waals surface area contributed by atoms with E-state index in [4.69, 9.17) is 0 Å². The lowest BCUT2D eigenvalue weighted by atomic mass is 9.94. The van der Waals surface area contributed by atoms with Crippen LogP contribution in [0.2, 0.25) is 0 Å². The van der Waals surface area contributed by atoms with Gasteiger partial charge in [-0.2, -0.15) is 0 Å². The number of rotatable bonds is 19. The van der Waals surface area contributed by atoms with E-state index in [2.05, 4.69) is 10.6 Å². The van der Waals surface area contributed by atoms with Crippen molar-refractivity contribution in [3.63, 3.8) is 0 Å². The van der Waals surface area contributed by atoms with Crippen LogP contribution in [0.3, 0.4) is 0 Å². The first kappa shape index (κ1) is 44.6. The van der Waals surface area contributed by atoms with E-state index in [0.717, 1.165) is 5.56 Å². The molecule has 1 aromatic rings. The molecule has 0 bridgehead atoms. The van der Waals surface area contributed by atoms with Crippen LogP contribution in [0, 0.1) is 29.6 Å². The molecule has 0 aliphatic heterocycles. The smallest absolute Gasteiger partial charge is 0.246 e. The van der Waals surface area contributed by atoms with Crippen molar-refractivity contribution in [2.45, 2.75) is 112 Å². The molecule has 50 heavy (non-hydrogen) atoms. The zero-order chi connectivity index (χ0) is 38.6. The highest BCUT2D eigenvalue weighted by Gasteiger charge is 2.43. The maximum atomic E-state index is 14.4. The fraction of sp³-hybridized carbons (Fsp3) is 0.718. The maximum absolute atomic E-state index is 14.4. The Hall–Kier alpha value is -3.47. The lowest BCUT2D eigenvalue weighted by Gasteiger charge is -2.41. The fourth-order valence-electron chi connectivity index (χ4n) is 6.85. The number of amides is 5. The average molecular weight is 701 g/mol. The molecule has 0 radical (unpaired) electrons. The molecule has 0 aromatic heterocycles. The van der Waals surface area contributed by atoms with Crippen LogP contribution in [0.1, 0.15) is 81.2 Å². The third-order valence-electron chi connectivity index (χ3n) is 9.56. The topological polar surface area (TPSA) is 122 Å². The van der Waals surface area contributed by atoms with Crippen molar-refractivity contribution in [2.24, 2.45) is 29.6 Å². The Morgan fingerprint density at radius 3 is 1.42 bits per heavy atom. The molecule has 5 amide bonds. The standard InChI is InChI=1S/C39H68N6O5/c1-24(2)23-30(42(12)37(48)31(40-11)25(3)4)36(47)44(14)33(27(7)8)39(50)45(15)34(28(9)10)38(49)43(13)32(26(5)6)35(46)41-22-21-29-19-17-16-18-20-29/h16-20,24-28,30-34,40H,21-23H2,1-15H3,(H,41,46). The molecule has 284 valence electrons. The molecular formula is C39H68N6O5. The predicted molar refractivity (Wildman–Crippen MR) is 201 cm³/mol. The minimum atomic E-state index is -0.891. The number of carbonyl (C=O) groups excluding carboxylic acids is 5. The molecule has 0 fully saturated rings. The van der Waals surface area contributed by atoms with E-state index in [1.54, 1.807) is 35.2 Å². The van der Waals surface area contributed by atoms with Crippen LogP contribution >= 0.6 is 0 Å². The zero-order valence-corrected chi connectivity index (χ0v) is 33.6. The summed E-state index contributed by atoms with van der Waals surface area (Å²) in [6.45, 7) is 19.6. The summed E-state index contributed by atoms with van der Waals surface area (Å²) in [6, 6.07) is 6.12. The highest BCUT2D eigenvalue weighted by molar-refractivity contribution is 5.96. The largest absolute Gasteiger partial charge is 0.354 e. The third-order valence-corrected chi connectivity index (χ3v) is 9.56. The van der Waals surface area contributed by atoms with Crippen LogP contribution in [0.5, 0.6) is 0 Å². The number of nitrogens with one attached hydrogen (secondary N) is 2. The summed E-state index contributed by atoms with van der Waals surface area (Å²) >= 11 is 0. The molecule has 0 spiro atoms. The number of carbonyl (C=O) groups is 5. The van der Waals surface area contributed by atoms with E-state index in [0.29, 0.717) is 19.4 Å². The minimum absolute atomic E-state index is 0.0143. The van der Waals surface area contributed by atoms with Crippen molar-refractivity contribution < 1.29 is 24.0 Å². The number of benzene rings is 1. The first-order valence-electron chi connectivity index (χ1n) is 18.3. The quantitative estimate of drug-likeness (QED) is 0.226. The molecule has 2 N–H and O–H groups in total. The summed E-state index contributed by atoms with van der Waals surface area (Å²) < 4.78 is 0. The van der Waals surface area contributed by atoms with Crippen LogP contribution in [0.15, 0.2) is 30.3 Å². The second kappa shape index (κ2) is 20.4. The molecule has 1 rings (SSSR count). The van der Waals surface area contributed by atoms with Gasteiger partial charge in [0.05, 0.1) is 6.04 Å². The zero-order valence-electron chi connectivity index (χ0n) is 33.6. The van der Waals surface area contributed by atoms with Crippen LogP contribution in [-0.4, -0.2) is 121 Å². The maximum Gasteiger partial charge on any atom is 0.246 e. The lowest BCUT2D eigenvalue weighted by Crippen LogP contribution is -2.62. The van der Waals surface area contributed by atoms with Crippen molar-refractivity contribution in [1.82, 2.24) is 30.2 Å². The van der Waals surface area contributed by atoms with Crippen molar-refractivity contribution in [1.29, 1.82) is 0 Å². The summed E-state index contributed by atoms with van der Waals surface area (Å²) in [4.78, 5) is 75.8. The van der Waals surface area contributed by atoms with Gasteiger partial charge in [0, 0.05) is 34.7 Å². The van der Waals surface area contributed by atoms with Gasteiger partial charge in [0.2, 0.25) is 29.5 Å². The summed E-state index contributed by atoms with van der Waals surface area (Å²) in [6.07, 6.45) is 1.09. The molecule has 5 unspecified atom stereocenters. The van der Waals surface area contributed by atoms with Gasteiger partial charge < -0.3 is 30.2 Å². The van der Waals surface area contributed by atoms with E-state index in [1.807, 2.05) is 99.6 Å². The first-order chi connectivity index (χ1) is 23.2. The van der Waals surface area contributed by atoms with Crippen molar-refractivity contribution in [3.8, 4) is 0 Å². The van der Waals surface area contributed by atoms with E-state index in [9.17, 15) is 24.0 Å². The first-order valence-corrected chi connectivity index (χ1v) is 18.3. The van der Waals surface area contributed by atoms with Gasteiger partial charge in [-0.25, -0.2) is 0 Å². The number of hydrogen-bond acceptors (Lipinski definition) is 6. The van der Waals surface area contributed by atoms with Crippen LogP contribution < -0.4 is 10.6 Å². The minimum Gasteiger partial charge on any atom is -0.354 e. The summed E-state index contributed by atoms with van der Waals surface area (Å²) in [5.41, 5.74) is 1.10. The van der Waals surface area contributed by atoms with Crippen LogP contribution in [0.4, 0.5) is 0 Å². The Morgan fingerprint density at radius 1 is 0.580 bits per heavy atom. The summed E-state index contributed by atoms with van der Waals surface area (Å²) in [5.74, 6) is -2.12. The van der Waals surface area contributed by atoms with Crippen molar-refractivity contribution in [3.05, 3.63) is 35.9 Å².